The van der Waals surface area contributed by atoms with Crippen molar-refractivity contribution in [3.8, 4) is 0 Å². The van der Waals surface area contributed by atoms with Crippen LogP contribution in [0.15, 0.2) is 0 Å². The average molecular weight is 175 g/mol. The Morgan fingerprint density at radius 1 is 1.67 bits per heavy atom. The number of rotatable bonds is 2. The second-order valence-electron chi connectivity index (χ2n) is 3.70. The average Bonchev–Trinajstić information content (AvgIpc) is 2.35. The minimum atomic E-state index is -0.930. The predicted octanol–water partition coefficient (Wildman–Crippen LogP) is 0.893. The third-order valence-electron chi connectivity index (χ3n) is 2.44. The molecule has 0 amide bonds. The fraction of sp³-hybridized carbons (Fsp3) is 0.875. The number of carboxylic acids is 1. The van der Waals surface area contributed by atoms with E-state index in [-0.39, 0.29) is 6.54 Å². The van der Waals surface area contributed by atoms with Gasteiger partial charge in [-0.05, 0) is 20.3 Å². The Labute approximate surface area is 71.2 Å². The number of likely N-dealkylation sites (tertiary alicyclic amines) is 1. The lowest BCUT2D eigenvalue weighted by Crippen LogP contribution is -2.48. The first-order chi connectivity index (χ1) is 5.44. The summed E-state index contributed by atoms with van der Waals surface area (Å²) in [6.45, 7) is 4.00. The zero-order valence-corrected chi connectivity index (χ0v) is 7.38. The smallest absolute Gasteiger partial charge is 0.323 e. The predicted molar refractivity (Wildman–Crippen MR) is 42.8 cm³/mol. The molecule has 1 N–H and O–H groups in total. The molecule has 1 heterocycles. The van der Waals surface area contributed by atoms with E-state index in [1.807, 2.05) is 0 Å². The first kappa shape index (κ1) is 9.45. The summed E-state index contributed by atoms with van der Waals surface area (Å²) >= 11 is 0. The van der Waals surface area contributed by atoms with E-state index in [0.29, 0.717) is 13.0 Å². The van der Waals surface area contributed by atoms with E-state index in [2.05, 4.69) is 0 Å². The molecule has 0 radical (unpaired) electrons. The van der Waals surface area contributed by atoms with Crippen molar-refractivity contribution in [1.29, 1.82) is 0 Å². The van der Waals surface area contributed by atoms with Gasteiger partial charge < -0.3 is 5.11 Å². The maximum absolute atomic E-state index is 12.7. The van der Waals surface area contributed by atoms with Crippen LogP contribution in [-0.2, 0) is 4.79 Å². The van der Waals surface area contributed by atoms with E-state index in [1.54, 1.807) is 18.7 Å². The molecule has 70 valence electrons. The van der Waals surface area contributed by atoms with E-state index in [1.165, 1.54) is 0 Å². The fourth-order valence-corrected chi connectivity index (χ4v) is 1.36. The van der Waals surface area contributed by atoms with Crippen molar-refractivity contribution >= 4 is 5.97 Å². The maximum atomic E-state index is 12.7. The summed E-state index contributed by atoms with van der Waals surface area (Å²) in [6.07, 6.45) is -0.403. The fourth-order valence-electron chi connectivity index (χ4n) is 1.36. The van der Waals surface area contributed by atoms with Gasteiger partial charge in [0.1, 0.15) is 11.7 Å². The highest BCUT2D eigenvalue weighted by Crippen LogP contribution is 2.22. The highest BCUT2D eigenvalue weighted by atomic mass is 19.1. The van der Waals surface area contributed by atoms with Crippen LogP contribution in [0.1, 0.15) is 20.3 Å². The van der Waals surface area contributed by atoms with Crippen molar-refractivity contribution in [1.82, 2.24) is 4.90 Å². The van der Waals surface area contributed by atoms with Gasteiger partial charge in [0, 0.05) is 13.1 Å². The lowest BCUT2D eigenvalue weighted by Gasteiger charge is -2.30. The first-order valence-corrected chi connectivity index (χ1v) is 4.07. The lowest BCUT2D eigenvalue weighted by molar-refractivity contribution is -0.148. The van der Waals surface area contributed by atoms with Crippen LogP contribution in [0.5, 0.6) is 0 Å². The zero-order valence-electron chi connectivity index (χ0n) is 7.38. The van der Waals surface area contributed by atoms with Crippen LogP contribution in [0, 0.1) is 0 Å². The summed E-state index contributed by atoms with van der Waals surface area (Å²) in [5.74, 6) is -0.892. The summed E-state index contributed by atoms with van der Waals surface area (Å²) in [4.78, 5) is 12.4. The number of halogens is 1. The molecule has 1 fully saturated rings. The van der Waals surface area contributed by atoms with Crippen molar-refractivity contribution in [3.05, 3.63) is 0 Å². The molecular formula is C8H14FNO2. The number of carbonyl (C=O) groups is 1. The highest BCUT2D eigenvalue weighted by Gasteiger charge is 2.38. The van der Waals surface area contributed by atoms with Crippen LogP contribution < -0.4 is 0 Å². The van der Waals surface area contributed by atoms with E-state index in [4.69, 9.17) is 5.11 Å². The Bertz CT molecular complexity index is 193. The van der Waals surface area contributed by atoms with E-state index >= 15 is 0 Å². The molecule has 1 atom stereocenters. The van der Waals surface area contributed by atoms with E-state index in [9.17, 15) is 9.18 Å². The Morgan fingerprint density at radius 3 is 2.58 bits per heavy atom. The third-order valence-corrected chi connectivity index (χ3v) is 2.44. The largest absolute Gasteiger partial charge is 0.480 e. The molecule has 0 aromatic rings. The topological polar surface area (TPSA) is 40.5 Å². The number of aliphatic carboxylic acids is 1. The molecule has 0 aromatic carbocycles. The van der Waals surface area contributed by atoms with Crippen LogP contribution in [0.25, 0.3) is 0 Å². The highest BCUT2D eigenvalue weighted by molar-refractivity contribution is 5.77. The monoisotopic (exact) mass is 175 g/mol. The van der Waals surface area contributed by atoms with Gasteiger partial charge in [-0.1, -0.05) is 0 Å². The summed E-state index contributed by atoms with van der Waals surface area (Å²) in [5.41, 5.74) is -0.930. The molecule has 1 rings (SSSR count). The van der Waals surface area contributed by atoms with Gasteiger partial charge in [-0.25, -0.2) is 4.39 Å². The Balaban J connectivity index is 2.63. The van der Waals surface area contributed by atoms with Crippen molar-refractivity contribution in [2.24, 2.45) is 0 Å². The lowest BCUT2D eigenvalue weighted by atomic mass is 10.0. The minimum absolute atomic E-state index is 0.249. The van der Waals surface area contributed by atoms with Gasteiger partial charge in [0.15, 0.2) is 0 Å². The summed E-state index contributed by atoms with van der Waals surface area (Å²) < 4.78 is 12.7. The number of hydrogen-bond donors (Lipinski definition) is 1. The Hall–Kier alpha value is -0.640. The van der Waals surface area contributed by atoms with Crippen LogP contribution in [0.4, 0.5) is 4.39 Å². The molecular weight excluding hydrogens is 161 g/mol. The van der Waals surface area contributed by atoms with Crippen molar-refractivity contribution in [3.63, 3.8) is 0 Å². The molecule has 0 spiro atoms. The first-order valence-electron chi connectivity index (χ1n) is 4.07. The zero-order chi connectivity index (χ0) is 9.35. The van der Waals surface area contributed by atoms with Crippen LogP contribution >= 0.6 is 0 Å². The SMILES string of the molecule is CC(C)(C(=O)O)N1CCC(F)C1. The van der Waals surface area contributed by atoms with Gasteiger partial charge >= 0.3 is 5.97 Å². The molecule has 1 aliphatic rings. The summed E-state index contributed by atoms with van der Waals surface area (Å²) in [7, 11) is 0. The van der Waals surface area contributed by atoms with Gasteiger partial charge in [-0.3, -0.25) is 9.69 Å². The summed E-state index contributed by atoms with van der Waals surface area (Å²) in [5, 5.41) is 8.82. The van der Waals surface area contributed by atoms with Crippen molar-refractivity contribution in [2.75, 3.05) is 13.1 Å². The normalized spacial score (nSPS) is 26.1. The second kappa shape index (κ2) is 3.01. The van der Waals surface area contributed by atoms with Crippen LogP contribution in [0.2, 0.25) is 0 Å². The summed E-state index contributed by atoms with van der Waals surface area (Å²) in [6, 6.07) is 0. The molecule has 1 aliphatic heterocycles. The molecule has 0 aliphatic carbocycles. The van der Waals surface area contributed by atoms with Crippen molar-refractivity contribution in [2.45, 2.75) is 32.0 Å². The molecule has 1 saturated heterocycles. The van der Waals surface area contributed by atoms with E-state index in [0.717, 1.165) is 0 Å². The van der Waals surface area contributed by atoms with Gasteiger partial charge in [0.05, 0.1) is 0 Å². The van der Waals surface area contributed by atoms with Gasteiger partial charge in [-0.15, -0.1) is 0 Å². The van der Waals surface area contributed by atoms with Crippen LogP contribution in [-0.4, -0.2) is 40.8 Å². The molecule has 3 nitrogen and oxygen atoms in total. The third kappa shape index (κ3) is 1.58. The molecule has 0 saturated carbocycles. The number of carboxylic acid groups (broad SMARTS) is 1. The molecule has 12 heavy (non-hydrogen) atoms. The Kier molecular flexibility index (Phi) is 2.37. The van der Waals surface area contributed by atoms with Gasteiger partial charge in [-0.2, -0.15) is 0 Å². The van der Waals surface area contributed by atoms with Gasteiger partial charge in [0.2, 0.25) is 0 Å². The number of hydrogen-bond acceptors (Lipinski definition) is 2. The van der Waals surface area contributed by atoms with E-state index < -0.39 is 17.7 Å². The quantitative estimate of drug-likeness (QED) is 0.677. The van der Waals surface area contributed by atoms with Crippen LogP contribution in [0.3, 0.4) is 0 Å². The maximum Gasteiger partial charge on any atom is 0.323 e. The molecule has 0 bridgehead atoms. The second-order valence-corrected chi connectivity index (χ2v) is 3.70. The van der Waals surface area contributed by atoms with Crippen molar-refractivity contribution < 1.29 is 14.3 Å². The number of alkyl halides is 1. The standard InChI is InChI=1S/C8H14FNO2/c1-8(2,7(11)12)10-4-3-6(9)5-10/h6H,3-5H2,1-2H3,(H,11,12). The number of nitrogens with zero attached hydrogens (tertiary/aromatic N) is 1. The minimum Gasteiger partial charge on any atom is -0.480 e. The van der Waals surface area contributed by atoms with Gasteiger partial charge in [0.25, 0.3) is 0 Å². The Morgan fingerprint density at radius 2 is 2.25 bits per heavy atom. The molecule has 1 unspecified atom stereocenters. The molecule has 0 aromatic heterocycles. The molecule has 4 heteroatoms.